The number of hydrogen-bond acceptors (Lipinski definition) is 5. The molecule has 1 unspecified atom stereocenters. The van der Waals surface area contributed by atoms with Gasteiger partial charge in [0.15, 0.2) is 0 Å². The first-order valence-corrected chi connectivity index (χ1v) is 9.05. The topological polar surface area (TPSA) is 111 Å². The molecular formula is C15H24ClN3O4S. The van der Waals surface area contributed by atoms with Crippen molar-refractivity contribution in [3.8, 4) is 0 Å². The van der Waals surface area contributed by atoms with Crippen molar-refractivity contribution in [2.75, 3.05) is 13.6 Å². The van der Waals surface area contributed by atoms with Crippen molar-refractivity contribution in [2.24, 2.45) is 5.73 Å². The van der Waals surface area contributed by atoms with E-state index in [1.54, 1.807) is 12.1 Å². The molecule has 1 amide bonds. The van der Waals surface area contributed by atoms with Crippen LogP contribution in [0.4, 0.5) is 0 Å². The molecular weight excluding hydrogens is 354 g/mol. The van der Waals surface area contributed by atoms with Crippen LogP contribution in [-0.4, -0.2) is 40.1 Å². The van der Waals surface area contributed by atoms with Gasteiger partial charge in [0.05, 0.1) is 17.0 Å². The van der Waals surface area contributed by atoms with E-state index in [1.165, 1.54) is 19.2 Å². The Balaban J connectivity index is 0.00000288. The van der Waals surface area contributed by atoms with Crippen molar-refractivity contribution >= 4 is 28.3 Å². The first-order chi connectivity index (χ1) is 10.9. The minimum absolute atomic E-state index is 0. The maximum Gasteiger partial charge on any atom is 0.249 e. The Bertz CT molecular complexity index is 651. The summed E-state index contributed by atoms with van der Waals surface area (Å²) < 4.78 is 31.2. The second kappa shape index (κ2) is 8.77. The molecule has 24 heavy (non-hydrogen) atoms. The zero-order chi connectivity index (χ0) is 17.0. The summed E-state index contributed by atoms with van der Waals surface area (Å²) in [7, 11) is -2.09. The van der Waals surface area contributed by atoms with Crippen LogP contribution < -0.4 is 15.8 Å². The van der Waals surface area contributed by atoms with E-state index in [1.807, 2.05) is 6.92 Å². The van der Waals surface area contributed by atoms with Gasteiger partial charge in [0, 0.05) is 6.54 Å². The van der Waals surface area contributed by atoms with E-state index in [2.05, 4.69) is 10.0 Å². The normalized spacial score (nSPS) is 21.8. The van der Waals surface area contributed by atoms with E-state index in [0.29, 0.717) is 13.0 Å². The van der Waals surface area contributed by atoms with Crippen LogP contribution in [0.1, 0.15) is 31.4 Å². The number of ether oxygens (including phenoxy) is 1. The van der Waals surface area contributed by atoms with E-state index in [4.69, 9.17) is 10.5 Å². The Morgan fingerprint density at radius 2 is 1.96 bits per heavy atom. The molecule has 1 aliphatic rings. The lowest BCUT2D eigenvalue weighted by molar-refractivity contribution is -0.132. The molecule has 1 saturated heterocycles. The first kappa shape index (κ1) is 20.9. The van der Waals surface area contributed by atoms with E-state index < -0.39 is 16.1 Å². The molecule has 9 heteroatoms. The molecule has 0 spiro atoms. The van der Waals surface area contributed by atoms with Crippen LogP contribution >= 0.6 is 12.4 Å². The third-order valence-corrected chi connectivity index (χ3v) is 5.41. The van der Waals surface area contributed by atoms with Gasteiger partial charge < -0.3 is 15.8 Å². The quantitative estimate of drug-likeness (QED) is 0.675. The summed E-state index contributed by atoms with van der Waals surface area (Å²) in [4.78, 5) is 12.4. The second-order valence-electron chi connectivity index (χ2n) is 5.57. The molecule has 0 saturated carbocycles. The summed E-state index contributed by atoms with van der Waals surface area (Å²) in [6.07, 6.45) is 0.946. The highest BCUT2D eigenvalue weighted by Gasteiger charge is 2.30. The Morgan fingerprint density at radius 3 is 2.46 bits per heavy atom. The minimum atomic E-state index is -3.46. The molecule has 7 nitrogen and oxygen atoms in total. The highest BCUT2D eigenvalue weighted by atomic mass is 35.5. The smallest absolute Gasteiger partial charge is 0.249 e. The Labute approximate surface area is 148 Å². The lowest BCUT2D eigenvalue weighted by atomic mass is 10.1. The number of hydrogen-bond donors (Lipinski definition) is 3. The zero-order valence-electron chi connectivity index (χ0n) is 13.7. The van der Waals surface area contributed by atoms with Crippen LogP contribution in [0.2, 0.25) is 0 Å². The molecule has 4 N–H and O–H groups in total. The van der Waals surface area contributed by atoms with E-state index in [9.17, 15) is 13.2 Å². The number of halogens is 1. The molecule has 2 rings (SSSR count). The van der Waals surface area contributed by atoms with Crippen molar-refractivity contribution in [1.82, 2.24) is 10.0 Å². The van der Waals surface area contributed by atoms with Crippen molar-refractivity contribution in [3.05, 3.63) is 29.8 Å². The van der Waals surface area contributed by atoms with Gasteiger partial charge in [-0.05, 0) is 44.5 Å². The summed E-state index contributed by atoms with van der Waals surface area (Å²) in [5.74, 6) is -0.166. The maximum absolute atomic E-state index is 12.2. The summed E-state index contributed by atoms with van der Waals surface area (Å²) in [5.41, 5.74) is 6.36. The Morgan fingerprint density at radius 1 is 1.33 bits per heavy atom. The third kappa shape index (κ3) is 4.90. The fourth-order valence-electron chi connectivity index (χ4n) is 2.52. The van der Waals surface area contributed by atoms with E-state index in [-0.39, 0.29) is 35.4 Å². The van der Waals surface area contributed by atoms with E-state index >= 15 is 0 Å². The summed E-state index contributed by atoms with van der Waals surface area (Å²) in [6, 6.07) is 6.16. The lowest BCUT2D eigenvalue weighted by Crippen LogP contribution is -2.37. The van der Waals surface area contributed by atoms with Crippen LogP contribution in [0.15, 0.2) is 29.2 Å². The lowest BCUT2D eigenvalue weighted by Gasteiger charge is -2.18. The SMILES string of the molecule is CNS(=O)(=O)c1ccc(C(C)NC(=O)[C@@H]2CC[C@H](CN)O2)cc1.Cl. The number of amides is 1. The van der Waals surface area contributed by atoms with Gasteiger partial charge >= 0.3 is 0 Å². The number of benzene rings is 1. The fourth-order valence-corrected chi connectivity index (χ4v) is 3.25. The number of nitrogens with one attached hydrogen (secondary N) is 2. The van der Waals surface area contributed by atoms with Gasteiger partial charge in [0.1, 0.15) is 6.10 Å². The van der Waals surface area contributed by atoms with Gasteiger partial charge in [-0.15, -0.1) is 12.4 Å². The largest absolute Gasteiger partial charge is 0.364 e. The number of nitrogens with two attached hydrogens (primary N) is 1. The highest BCUT2D eigenvalue weighted by molar-refractivity contribution is 7.89. The predicted octanol–water partition coefficient (Wildman–Crippen LogP) is 0.700. The van der Waals surface area contributed by atoms with Gasteiger partial charge in [-0.25, -0.2) is 13.1 Å². The standard InChI is InChI=1S/C15H23N3O4S.ClH/c1-10(18-15(19)14-8-5-12(9-16)22-14)11-3-6-13(7-4-11)23(20,21)17-2;/h3-4,6-7,10,12,14,17H,5,8-9,16H2,1-2H3,(H,18,19);1H/t10?,12-,14+;/m1./s1. The first-order valence-electron chi connectivity index (χ1n) is 7.56. The third-order valence-electron chi connectivity index (χ3n) is 3.98. The molecule has 3 atom stereocenters. The number of sulfonamides is 1. The summed E-state index contributed by atoms with van der Waals surface area (Å²) >= 11 is 0. The number of carbonyl (C=O) groups is 1. The van der Waals surface area contributed by atoms with Crippen LogP contribution in [0.5, 0.6) is 0 Å². The van der Waals surface area contributed by atoms with Crippen LogP contribution in [0.3, 0.4) is 0 Å². The molecule has 0 radical (unpaired) electrons. The molecule has 1 aromatic rings. The fraction of sp³-hybridized carbons (Fsp3) is 0.533. The van der Waals surface area contributed by atoms with Crippen LogP contribution in [-0.2, 0) is 19.6 Å². The number of rotatable bonds is 6. The average molecular weight is 378 g/mol. The molecule has 0 bridgehead atoms. The monoisotopic (exact) mass is 377 g/mol. The van der Waals surface area contributed by atoms with Crippen molar-refractivity contribution in [1.29, 1.82) is 0 Å². The van der Waals surface area contributed by atoms with Gasteiger partial charge in [-0.1, -0.05) is 12.1 Å². The molecule has 1 fully saturated rings. The van der Waals surface area contributed by atoms with Gasteiger partial charge in [-0.2, -0.15) is 0 Å². The Hall–Kier alpha value is -1.19. The summed E-state index contributed by atoms with van der Waals surface area (Å²) in [6.45, 7) is 2.26. The maximum atomic E-state index is 12.2. The molecule has 136 valence electrons. The molecule has 1 heterocycles. The average Bonchev–Trinajstić information content (AvgIpc) is 3.04. The van der Waals surface area contributed by atoms with Crippen LogP contribution in [0.25, 0.3) is 0 Å². The predicted molar refractivity (Wildman–Crippen MR) is 93.4 cm³/mol. The zero-order valence-corrected chi connectivity index (χ0v) is 15.3. The van der Waals surface area contributed by atoms with Crippen molar-refractivity contribution < 1.29 is 17.9 Å². The summed E-state index contributed by atoms with van der Waals surface area (Å²) in [5, 5.41) is 2.89. The van der Waals surface area contributed by atoms with Gasteiger partial charge in [-0.3, -0.25) is 4.79 Å². The van der Waals surface area contributed by atoms with Gasteiger partial charge in [0.25, 0.3) is 0 Å². The molecule has 0 aliphatic carbocycles. The molecule has 1 aromatic carbocycles. The van der Waals surface area contributed by atoms with Crippen LogP contribution in [0, 0.1) is 0 Å². The van der Waals surface area contributed by atoms with Gasteiger partial charge in [0.2, 0.25) is 15.9 Å². The molecule has 0 aromatic heterocycles. The number of carbonyl (C=O) groups excluding carboxylic acids is 1. The highest BCUT2D eigenvalue weighted by Crippen LogP contribution is 2.21. The Kier molecular flexibility index (Phi) is 7.62. The minimum Gasteiger partial charge on any atom is -0.364 e. The van der Waals surface area contributed by atoms with Crippen molar-refractivity contribution in [3.63, 3.8) is 0 Å². The second-order valence-corrected chi connectivity index (χ2v) is 7.45. The molecule has 1 aliphatic heterocycles. The van der Waals surface area contributed by atoms with E-state index in [0.717, 1.165) is 12.0 Å². The van der Waals surface area contributed by atoms with Crippen molar-refractivity contribution in [2.45, 2.75) is 42.9 Å².